The van der Waals surface area contributed by atoms with E-state index in [1.807, 2.05) is 18.2 Å². The fourth-order valence-corrected chi connectivity index (χ4v) is 3.66. The zero-order valence-electron chi connectivity index (χ0n) is 12.7. The summed E-state index contributed by atoms with van der Waals surface area (Å²) >= 11 is 6.13. The van der Waals surface area contributed by atoms with Crippen molar-refractivity contribution in [3.8, 4) is 0 Å². The van der Waals surface area contributed by atoms with Crippen LogP contribution < -0.4 is 5.32 Å². The molecule has 3 atom stereocenters. The predicted molar refractivity (Wildman–Crippen MR) is 85.1 cm³/mol. The molecule has 2 aliphatic rings. The van der Waals surface area contributed by atoms with E-state index < -0.39 is 0 Å². The maximum atomic E-state index is 12.7. The van der Waals surface area contributed by atoms with E-state index in [1.165, 1.54) is 19.3 Å². The lowest BCUT2D eigenvalue weighted by Gasteiger charge is -2.40. The molecule has 0 spiro atoms. The van der Waals surface area contributed by atoms with Gasteiger partial charge in [-0.1, -0.05) is 37.1 Å². The fourth-order valence-electron chi connectivity index (χ4n) is 3.46. The van der Waals surface area contributed by atoms with Gasteiger partial charge < -0.3 is 4.90 Å². The van der Waals surface area contributed by atoms with Crippen molar-refractivity contribution in [2.24, 2.45) is 5.92 Å². The lowest BCUT2D eigenvalue weighted by atomic mass is 9.79. The van der Waals surface area contributed by atoms with Crippen molar-refractivity contribution in [2.45, 2.75) is 57.8 Å². The SMILES string of the molecule is CCC1NC(c2cccc(Cl)c2)N(C(C)C2CCC2)C1=O. The Kier molecular flexibility index (Phi) is 4.23. The molecule has 1 heterocycles. The highest BCUT2D eigenvalue weighted by Crippen LogP contribution is 2.38. The van der Waals surface area contributed by atoms with Gasteiger partial charge in [0.05, 0.1) is 6.04 Å². The van der Waals surface area contributed by atoms with Crippen LogP contribution in [0.2, 0.25) is 5.02 Å². The Labute approximate surface area is 131 Å². The van der Waals surface area contributed by atoms with E-state index in [0.717, 1.165) is 17.0 Å². The molecule has 1 saturated carbocycles. The summed E-state index contributed by atoms with van der Waals surface area (Å²) < 4.78 is 0. The summed E-state index contributed by atoms with van der Waals surface area (Å²) in [7, 11) is 0. The van der Waals surface area contributed by atoms with Crippen LogP contribution in [-0.4, -0.2) is 22.9 Å². The lowest BCUT2D eigenvalue weighted by Crippen LogP contribution is -2.44. The molecule has 1 aromatic rings. The summed E-state index contributed by atoms with van der Waals surface area (Å²) in [5.41, 5.74) is 1.08. The molecule has 1 saturated heterocycles. The zero-order chi connectivity index (χ0) is 15.0. The molecule has 21 heavy (non-hydrogen) atoms. The van der Waals surface area contributed by atoms with Gasteiger partial charge in [0.2, 0.25) is 5.91 Å². The van der Waals surface area contributed by atoms with Gasteiger partial charge in [-0.15, -0.1) is 0 Å². The number of hydrogen-bond acceptors (Lipinski definition) is 2. The highest BCUT2D eigenvalue weighted by Gasteiger charge is 2.43. The van der Waals surface area contributed by atoms with Crippen molar-refractivity contribution in [3.63, 3.8) is 0 Å². The summed E-state index contributed by atoms with van der Waals surface area (Å²) in [5.74, 6) is 0.884. The van der Waals surface area contributed by atoms with Gasteiger partial charge in [0, 0.05) is 11.1 Å². The Bertz CT molecular complexity index is 529. The van der Waals surface area contributed by atoms with Crippen molar-refractivity contribution >= 4 is 17.5 Å². The van der Waals surface area contributed by atoms with Crippen LogP contribution in [0.3, 0.4) is 0 Å². The fraction of sp³-hybridized carbons (Fsp3) is 0.588. The van der Waals surface area contributed by atoms with E-state index in [2.05, 4.69) is 30.1 Å². The van der Waals surface area contributed by atoms with Gasteiger partial charge in [-0.05, 0) is 49.8 Å². The second kappa shape index (κ2) is 5.98. The summed E-state index contributed by atoms with van der Waals surface area (Å²) in [6.07, 6.45) is 4.55. The van der Waals surface area contributed by atoms with Gasteiger partial charge in [-0.25, -0.2) is 0 Å². The first-order valence-corrected chi connectivity index (χ1v) is 8.33. The molecule has 0 bridgehead atoms. The third-order valence-corrected chi connectivity index (χ3v) is 5.27. The molecule has 0 aromatic heterocycles. The average Bonchev–Trinajstić information content (AvgIpc) is 2.73. The van der Waals surface area contributed by atoms with E-state index in [1.54, 1.807) is 0 Å². The topological polar surface area (TPSA) is 32.3 Å². The highest BCUT2D eigenvalue weighted by atomic mass is 35.5. The normalized spacial score (nSPS) is 27.8. The van der Waals surface area contributed by atoms with Crippen LogP contribution in [0, 0.1) is 5.92 Å². The van der Waals surface area contributed by atoms with Crippen molar-refractivity contribution in [2.75, 3.05) is 0 Å². The third kappa shape index (κ3) is 2.69. The molecule has 1 amide bonds. The minimum absolute atomic E-state index is 0.0447. The second-order valence-corrected chi connectivity index (χ2v) is 6.70. The number of nitrogens with zero attached hydrogens (tertiary/aromatic N) is 1. The highest BCUT2D eigenvalue weighted by molar-refractivity contribution is 6.30. The Hall–Kier alpha value is -1.06. The zero-order valence-corrected chi connectivity index (χ0v) is 13.4. The number of benzene rings is 1. The van der Waals surface area contributed by atoms with Crippen LogP contribution >= 0.6 is 11.6 Å². The van der Waals surface area contributed by atoms with E-state index >= 15 is 0 Å². The van der Waals surface area contributed by atoms with Crippen molar-refractivity contribution in [1.82, 2.24) is 10.2 Å². The first-order valence-electron chi connectivity index (χ1n) is 7.95. The number of nitrogens with one attached hydrogen (secondary N) is 1. The summed E-state index contributed by atoms with van der Waals surface area (Å²) in [5, 5.41) is 4.21. The first-order chi connectivity index (χ1) is 10.1. The van der Waals surface area contributed by atoms with E-state index in [9.17, 15) is 4.79 Å². The summed E-state index contributed by atoms with van der Waals surface area (Å²) in [6, 6.07) is 8.06. The first kappa shape index (κ1) is 14.9. The minimum Gasteiger partial charge on any atom is -0.319 e. The molecule has 3 unspecified atom stereocenters. The van der Waals surface area contributed by atoms with E-state index in [4.69, 9.17) is 11.6 Å². The summed E-state index contributed by atoms with van der Waals surface area (Å²) in [6.45, 7) is 4.25. The standard InChI is InChI=1S/C17H23ClN2O/c1-3-15-17(21)20(11(2)12-6-4-7-12)16(19-15)13-8-5-9-14(18)10-13/h5,8-12,15-16,19H,3-4,6-7H2,1-2H3. The predicted octanol–water partition coefficient (Wildman–Crippen LogP) is 3.74. The van der Waals surface area contributed by atoms with Gasteiger partial charge in [0.25, 0.3) is 0 Å². The molecule has 2 fully saturated rings. The van der Waals surface area contributed by atoms with Crippen molar-refractivity contribution < 1.29 is 4.79 Å². The number of carbonyl (C=O) groups is 1. The Morgan fingerprint density at radius 2 is 2.19 bits per heavy atom. The monoisotopic (exact) mass is 306 g/mol. The van der Waals surface area contributed by atoms with Gasteiger partial charge in [0.1, 0.15) is 6.17 Å². The van der Waals surface area contributed by atoms with Crippen LogP contribution in [0.1, 0.15) is 51.3 Å². The minimum atomic E-state index is -0.0727. The number of rotatable bonds is 4. The number of carbonyl (C=O) groups excluding carboxylic acids is 1. The molecule has 3 rings (SSSR count). The molecule has 1 aromatic carbocycles. The Morgan fingerprint density at radius 1 is 1.43 bits per heavy atom. The van der Waals surface area contributed by atoms with Crippen molar-refractivity contribution in [3.05, 3.63) is 34.9 Å². The molecule has 3 nitrogen and oxygen atoms in total. The third-order valence-electron chi connectivity index (χ3n) is 5.03. The van der Waals surface area contributed by atoms with Gasteiger partial charge in [-0.2, -0.15) is 0 Å². The maximum absolute atomic E-state index is 12.7. The van der Waals surface area contributed by atoms with Crippen LogP contribution in [-0.2, 0) is 4.79 Å². The van der Waals surface area contributed by atoms with Gasteiger partial charge in [0.15, 0.2) is 0 Å². The quantitative estimate of drug-likeness (QED) is 0.919. The van der Waals surface area contributed by atoms with Crippen LogP contribution in [0.15, 0.2) is 24.3 Å². The van der Waals surface area contributed by atoms with E-state index in [-0.39, 0.29) is 18.1 Å². The Balaban J connectivity index is 1.90. The Morgan fingerprint density at radius 3 is 2.76 bits per heavy atom. The molecule has 0 radical (unpaired) electrons. The van der Waals surface area contributed by atoms with Crippen LogP contribution in [0.5, 0.6) is 0 Å². The number of halogens is 1. The number of hydrogen-bond donors (Lipinski definition) is 1. The molecule has 1 aliphatic carbocycles. The molecule has 4 heteroatoms. The largest absolute Gasteiger partial charge is 0.319 e. The van der Waals surface area contributed by atoms with Crippen molar-refractivity contribution in [1.29, 1.82) is 0 Å². The van der Waals surface area contributed by atoms with E-state index in [0.29, 0.717) is 12.0 Å². The molecule has 1 aliphatic heterocycles. The molecular formula is C17H23ClN2O. The summed E-state index contributed by atoms with van der Waals surface area (Å²) in [4.78, 5) is 14.8. The smallest absolute Gasteiger partial charge is 0.241 e. The van der Waals surface area contributed by atoms with Crippen LogP contribution in [0.25, 0.3) is 0 Å². The van der Waals surface area contributed by atoms with Gasteiger partial charge in [-0.3, -0.25) is 10.1 Å². The molecule has 1 N–H and O–H groups in total. The lowest BCUT2D eigenvalue weighted by molar-refractivity contribution is -0.133. The maximum Gasteiger partial charge on any atom is 0.241 e. The number of amides is 1. The van der Waals surface area contributed by atoms with Gasteiger partial charge >= 0.3 is 0 Å². The molecule has 114 valence electrons. The molecular weight excluding hydrogens is 284 g/mol. The second-order valence-electron chi connectivity index (χ2n) is 6.26. The average molecular weight is 307 g/mol. The van der Waals surface area contributed by atoms with Crippen LogP contribution in [0.4, 0.5) is 0 Å².